The number of methoxy groups -OCH3 is 1. The molecule has 1 aromatic rings. The van der Waals surface area contributed by atoms with Crippen molar-refractivity contribution in [3.8, 4) is 5.75 Å². The Bertz CT molecular complexity index is 462. The number of ether oxygens (including phenoxy) is 2. The third kappa shape index (κ3) is 2.05. The molecule has 104 valence electrons. The number of benzene rings is 1. The van der Waals surface area contributed by atoms with E-state index in [0.717, 1.165) is 18.7 Å². The van der Waals surface area contributed by atoms with Gasteiger partial charge in [-0.05, 0) is 50.9 Å². The fourth-order valence-corrected chi connectivity index (χ4v) is 3.89. The molecule has 0 N–H and O–H groups in total. The molecule has 3 heteroatoms. The highest BCUT2D eigenvalue weighted by Crippen LogP contribution is 2.48. The number of fused-ring (bicyclic) bond motifs is 1. The maximum absolute atomic E-state index is 6.46. The van der Waals surface area contributed by atoms with Gasteiger partial charge in [-0.3, -0.25) is 4.90 Å². The van der Waals surface area contributed by atoms with Gasteiger partial charge in [0.05, 0.1) is 13.2 Å². The second-order valence-corrected chi connectivity index (χ2v) is 5.90. The number of likely N-dealkylation sites (N-methyl/N-ethyl adjacent to an activating group) is 1. The molecule has 3 nitrogen and oxygen atoms in total. The third-order valence-electron chi connectivity index (χ3n) is 4.61. The van der Waals surface area contributed by atoms with Crippen LogP contribution in [0.3, 0.4) is 0 Å². The molecule has 0 bridgehead atoms. The van der Waals surface area contributed by atoms with E-state index in [1.165, 1.54) is 18.4 Å². The lowest BCUT2D eigenvalue weighted by Crippen LogP contribution is -2.56. The normalized spacial score (nSPS) is 35.1. The topological polar surface area (TPSA) is 21.7 Å². The fraction of sp³-hybridized carbons (Fsp3) is 0.625. The zero-order chi connectivity index (χ0) is 13.5. The molecule has 0 aromatic heterocycles. The van der Waals surface area contributed by atoms with E-state index >= 15 is 0 Å². The second kappa shape index (κ2) is 4.80. The van der Waals surface area contributed by atoms with Gasteiger partial charge < -0.3 is 9.47 Å². The Labute approximate surface area is 115 Å². The molecule has 1 aromatic carbocycles. The van der Waals surface area contributed by atoms with Gasteiger partial charge in [0.1, 0.15) is 11.4 Å². The Morgan fingerprint density at radius 2 is 2.26 bits per heavy atom. The van der Waals surface area contributed by atoms with Crippen molar-refractivity contribution in [3.63, 3.8) is 0 Å². The van der Waals surface area contributed by atoms with Crippen LogP contribution in [0.5, 0.6) is 5.75 Å². The number of hydrogen-bond donors (Lipinski definition) is 0. The van der Waals surface area contributed by atoms with Gasteiger partial charge in [-0.1, -0.05) is 12.1 Å². The van der Waals surface area contributed by atoms with Crippen molar-refractivity contribution in [1.29, 1.82) is 0 Å². The van der Waals surface area contributed by atoms with Crippen LogP contribution < -0.4 is 4.74 Å². The number of morpholine rings is 1. The summed E-state index contributed by atoms with van der Waals surface area (Å²) in [5.41, 5.74) is 1.13. The fourth-order valence-electron chi connectivity index (χ4n) is 3.89. The van der Waals surface area contributed by atoms with E-state index < -0.39 is 0 Å². The lowest BCUT2D eigenvalue weighted by Gasteiger charge is -2.48. The molecular weight excluding hydrogens is 238 g/mol. The van der Waals surface area contributed by atoms with E-state index in [-0.39, 0.29) is 11.7 Å². The molecule has 1 heterocycles. The van der Waals surface area contributed by atoms with Crippen LogP contribution in [0, 0.1) is 0 Å². The quantitative estimate of drug-likeness (QED) is 0.817. The zero-order valence-electron chi connectivity index (χ0n) is 12.1. The van der Waals surface area contributed by atoms with Crippen LogP contribution >= 0.6 is 0 Å². The summed E-state index contributed by atoms with van der Waals surface area (Å²) in [5, 5.41) is 0. The zero-order valence-corrected chi connectivity index (χ0v) is 12.1. The van der Waals surface area contributed by atoms with Crippen LogP contribution in [-0.2, 0) is 10.3 Å². The highest BCUT2D eigenvalue weighted by atomic mass is 16.5. The Balaban J connectivity index is 2.03. The number of rotatable bonds is 2. The Morgan fingerprint density at radius 3 is 3.05 bits per heavy atom. The smallest absolute Gasteiger partial charge is 0.119 e. The Hall–Kier alpha value is -1.06. The molecule has 1 aliphatic heterocycles. The molecule has 3 atom stereocenters. The summed E-state index contributed by atoms with van der Waals surface area (Å²) in [6.07, 6.45) is 3.85. The predicted octanol–water partition coefficient (Wildman–Crippen LogP) is 2.79. The van der Waals surface area contributed by atoms with Crippen LogP contribution in [0.4, 0.5) is 0 Å². The maximum atomic E-state index is 6.46. The largest absolute Gasteiger partial charge is 0.497 e. The highest BCUT2D eigenvalue weighted by molar-refractivity contribution is 5.35. The molecule has 0 radical (unpaired) electrons. The first-order valence-corrected chi connectivity index (χ1v) is 7.18. The van der Waals surface area contributed by atoms with E-state index in [4.69, 9.17) is 9.47 Å². The maximum Gasteiger partial charge on any atom is 0.119 e. The van der Waals surface area contributed by atoms with Gasteiger partial charge in [0.25, 0.3) is 0 Å². The number of nitrogens with zero attached hydrogens (tertiary/aromatic N) is 1. The van der Waals surface area contributed by atoms with Gasteiger partial charge in [-0.15, -0.1) is 0 Å². The molecule has 1 aliphatic carbocycles. The summed E-state index contributed by atoms with van der Waals surface area (Å²) in [6.45, 7) is 3.20. The van der Waals surface area contributed by atoms with Gasteiger partial charge in [-0.2, -0.15) is 0 Å². The molecule has 0 amide bonds. The van der Waals surface area contributed by atoms with E-state index in [9.17, 15) is 0 Å². The molecule has 1 saturated heterocycles. The standard InChI is InChI=1S/C16H23NO2/c1-12-11-17(2)15-8-5-9-16(15,19-12)13-6-4-7-14(10-13)18-3/h4,6-7,10,12,15H,5,8-9,11H2,1-3H3. The first kappa shape index (κ1) is 12.9. The van der Waals surface area contributed by atoms with Crippen LogP contribution in [0.25, 0.3) is 0 Å². The summed E-state index contributed by atoms with van der Waals surface area (Å²) in [4.78, 5) is 2.47. The first-order chi connectivity index (χ1) is 9.15. The predicted molar refractivity (Wildman–Crippen MR) is 75.5 cm³/mol. The second-order valence-electron chi connectivity index (χ2n) is 5.90. The molecule has 1 saturated carbocycles. The third-order valence-corrected chi connectivity index (χ3v) is 4.61. The molecule has 19 heavy (non-hydrogen) atoms. The SMILES string of the molecule is COc1cccc(C23CCCC2N(C)CC(C)O3)c1. The Morgan fingerprint density at radius 1 is 1.42 bits per heavy atom. The minimum absolute atomic E-state index is 0.138. The van der Waals surface area contributed by atoms with Crippen LogP contribution in [0.1, 0.15) is 31.7 Å². The van der Waals surface area contributed by atoms with Crippen molar-refractivity contribution in [1.82, 2.24) is 4.90 Å². The van der Waals surface area contributed by atoms with Gasteiger partial charge in [0.15, 0.2) is 0 Å². The van der Waals surface area contributed by atoms with E-state index in [2.05, 4.69) is 37.1 Å². The van der Waals surface area contributed by atoms with Gasteiger partial charge >= 0.3 is 0 Å². The minimum Gasteiger partial charge on any atom is -0.497 e. The molecule has 3 rings (SSSR count). The van der Waals surface area contributed by atoms with E-state index in [1.54, 1.807) is 7.11 Å². The van der Waals surface area contributed by atoms with Crippen molar-refractivity contribution < 1.29 is 9.47 Å². The number of hydrogen-bond acceptors (Lipinski definition) is 3. The van der Waals surface area contributed by atoms with Crippen molar-refractivity contribution in [2.75, 3.05) is 20.7 Å². The summed E-state index contributed by atoms with van der Waals surface area (Å²) < 4.78 is 11.8. The monoisotopic (exact) mass is 261 g/mol. The average molecular weight is 261 g/mol. The average Bonchev–Trinajstić information content (AvgIpc) is 2.84. The molecule has 2 aliphatic rings. The van der Waals surface area contributed by atoms with Crippen LogP contribution in [0.15, 0.2) is 24.3 Å². The first-order valence-electron chi connectivity index (χ1n) is 7.18. The lowest BCUT2D eigenvalue weighted by molar-refractivity contribution is -0.170. The van der Waals surface area contributed by atoms with Crippen molar-refractivity contribution >= 4 is 0 Å². The van der Waals surface area contributed by atoms with E-state index in [1.807, 2.05) is 6.07 Å². The van der Waals surface area contributed by atoms with Crippen molar-refractivity contribution in [2.45, 2.75) is 43.9 Å². The van der Waals surface area contributed by atoms with Crippen molar-refractivity contribution in [2.24, 2.45) is 0 Å². The van der Waals surface area contributed by atoms with Gasteiger partial charge in [-0.25, -0.2) is 0 Å². The van der Waals surface area contributed by atoms with Gasteiger partial charge in [0, 0.05) is 12.6 Å². The summed E-state index contributed by atoms with van der Waals surface area (Å²) >= 11 is 0. The molecule has 0 spiro atoms. The van der Waals surface area contributed by atoms with Crippen LogP contribution in [-0.4, -0.2) is 37.7 Å². The van der Waals surface area contributed by atoms with Gasteiger partial charge in [0.2, 0.25) is 0 Å². The lowest BCUT2D eigenvalue weighted by atomic mass is 9.85. The van der Waals surface area contributed by atoms with E-state index in [0.29, 0.717) is 6.04 Å². The summed E-state index contributed by atoms with van der Waals surface area (Å²) in [6, 6.07) is 8.90. The summed E-state index contributed by atoms with van der Waals surface area (Å²) in [5.74, 6) is 0.919. The molecule has 3 unspecified atom stereocenters. The van der Waals surface area contributed by atoms with Crippen LogP contribution in [0.2, 0.25) is 0 Å². The molecular formula is C16H23NO2. The Kier molecular flexibility index (Phi) is 3.27. The minimum atomic E-state index is -0.138. The van der Waals surface area contributed by atoms with Crippen molar-refractivity contribution in [3.05, 3.63) is 29.8 Å². The molecule has 2 fully saturated rings. The summed E-state index contributed by atoms with van der Waals surface area (Å²) in [7, 11) is 3.95. The highest BCUT2D eigenvalue weighted by Gasteiger charge is 2.51.